The van der Waals surface area contributed by atoms with Gasteiger partial charge in [-0.05, 0) is 31.0 Å². The Morgan fingerprint density at radius 3 is 2.57 bits per heavy atom. The Morgan fingerprint density at radius 2 is 1.91 bits per heavy atom. The van der Waals surface area contributed by atoms with Crippen LogP contribution in [0.1, 0.15) is 19.4 Å². The molecule has 1 aromatic carbocycles. The zero-order valence-electron chi connectivity index (χ0n) is 13.9. The van der Waals surface area contributed by atoms with Crippen LogP contribution >= 0.6 is 0 Å². The second kappa shape index (κ2) is 8.53. The first-order chi connectivity index (χ1) is 11.1. The first-order valence-corrected chi connectivity index (χ1v) is 8.15. The number of amides is 2. The van der Waals surface area contributed by atoms with Gasteiger partial charge in [-0.1, -0.05) is 19.1 Å². The quantitative estimate of drug-likeness (QED) is 0.901. The van der Waals surface area contributed by atoms with E-state index in [2.05, 4.69) is 17.1 Å². The van der Waals surface area contributed by atoms with Crippen LogP contribution in [0.5, 0.6) is 0 Å². The molecule has 0 spiro atoms. The molecule has 0 bridgehead atoms. The summed E-state index contributed by atoms with van der Waals surface area (Å²) in [5.74, 6) is -0.0252. The lowest BCUT2D eigenvalue weighted by molar-refractivity contribution is -0.117. The Balaban J connectivity index is 1.77. The van der Waals surface area contributed by atoms with E-state index < -0.39 is 0 Å². The highest BCUT2D eigenvalue weighted by molar-refractivity contribution is 5.92. The topological polar surface area (TPSA) is 61.9 Å². The number of hydrogen-bond donors (Lipinski definition) is 1. The Hall–Kier alpha value is -2.08. The van der Waals surface area contributed by atoms with E-state index in [0.29, 0.717) is 39.3 Å². The number of anilines is 1. The average Bonchev–Trinajstić information content (AvgIpc) is 2.55. The fourth-order valence-corrected chi connectivity index (χ4v) is 2.58. The molecule has 1 fully saturated rings. The van der Waals surface area contributed by atoms with Gasteiger partial charge in [0.05, 0.1) is 13.2 Å². The molecule has 1 aromatic rings. The summed E-state index contributed by atoms with van der Waals surface area (Å²) in [6.45, 7) is 7.17. The molecule has 0 saturated carbocycles. The minimum Gasteiger partial charge on any atom is -0.450 e. The summed E-state index contributed by atoms with van der Waals surface area (Å²) < 4.78 is 4.99. The van der Waals surface area contributed by atoms with Crippen LogP contribution in [0, 0.1) is 0 Å². The lowest BCUT2D eigenvalue weighted by atomic mass is 10.1. The van der Waals surface area contributed by atoms with Crippen molar-refractivity contribution in [1.29, 1.82) is 0 Å². The highest BCUT2D eigenvalue weighted by Crippen LogP contribution is 2.11. The third-order valence-corrected chi connectivity index (χ3v) is 3.88. The number of carbonyl (C=O) groups excluding carboxylic acids is 2. The molecule has 2 amide bonds. The fourth-order valence-electron chi connectivity index (χ4n) is 2.58. The van der Waals surface area contributed by atoms with Crippen LogP contribution in [0.15, 0.2) is 24.3 Å². The molecule has 1 N–H and O–H groups in total. The zero-order chi connectivity index (χ0) is 16.7. The van der Waals surface area contributed by atoms with Crippen LogP contribution in [0.25, 0.3) is 0 Å². The number of carbonyl (C=O) groups is 2. The van der Waals surface area contributed by atoms with E-state index in [1.807, 2.05) is 24.3 Å². The van der Waals surface area contributed by atoms with Crippen LogP contribution in [0.4, 0.5) is 10.5 Å². The molecule has 126 valence electrons. The summed E-state index contributed by atoms with van der Waals surface area (Å²) in [6.07, 6.45) is 0.674. The maximum Gasteiger partial charge on any atom is 0.409 e. The molecular formula is C17H25N3O3. The first-order valence-electron chi connectivity index (χ1n) is 8.15. The molecular weight excluding hydrogens is 294 g/mol. The molecule has 1 aliphatic rings. The summed E-state index contributed by atoms with van der Waals surface area (Å²) >= 11 is 0. The summed E-state index contributed by atoms with van der Waals surface area (Å²) in [5, 5.41) is 2.93. The number of benzene rings is 1. The number of ether oxygens (including phenoxy) is 1. The second-order valence-electron chi connectivity index (χ2n) is 5.56. The fraction of sp³-hybridized carbons (Fsp3) is 0.529. The van der Waals surface area contributed by atoms with Crippen molar-refractivity contribution in [2.75, 3.05) is 44.6 Å². The number of rotatable bonds is 5. The second-order valence-corrected chi connectivity index (χ2v) is 5.56. The maximum absolute atomic E-state index is 12.1. The van der Waals surface area contributed by atoms with Gasteiger partial charge in [0.15, 0.2) is 0 Å². The summed E-state index contributed by atoms with van der Waals surface area (Å²) in [6, 6.07) is 7.89. The van der Waals surface area contributed by atoms with Crippen molar-refractivity contribution in [2.24, 2.45) is 0 Å². The van der Waals surface area contributed by atoms with Crippen LogP contribution in [-0.4, -0.2) is 61.1 Å². The molecule has 0 unspecified atom stereocenters. The Kier molecular flexibility index (Phi) is 6.40. The van der Waals surface area contributed by atoms with E-state index in [1.165, 1.54) is 5.56 Å². The molecule has 1 aliphatic heterocycles. The van der Waals surface area contributed by atoms with Gasteiger partial charge in [0.2, 0.25) is 5.91 Å². The third kappa shape index (κ3) is 5.25. The predicted molar refractivity (Wildman–Crippen MR) is 89.5 cm³/mol. The first kappa shape index (κ1) is 17.3. The largest absolute Gasteiger partial charge is 0.450 e. The zero-order valence-corrected chi connectivity index (χ0v) is 13.9. The minimum atomic E-state index is -0.270. The van der Waals surface area contributed by atoms with Gasteiger partial charge < -0.3 is 15.0 Å². The van der Waals surface area contributed by atoms with Crippen LogP contribution in [0.3, 0.4) is 0 Å². The monoisotopic (exact) mass is 319 g/mol. The van der Waals surface area contributed by atoms with Gasteiger partial charge in [0.25, 0.3) is 0 Å². The van der Waals surface area contributed by atoms with E-state index in [0.717, 1.165) is 12.1 Å². The van der Waals surface area contributed by atoms with E-state index >= 15 is 0 Å². The van der Waals surface area contributed by atoms with Crippen molar-refractivity contribution >= 4 is 17.7 Å². The van der Waals surface area contributed by atoms with Gasteiger partial charge in [0.1, 0.15) is 0 Å². The molecule has 23 heavy (non-hydrogen) atoms. The van der Waals surface area contributed by atoms with Gasteiger partial charge in [0, 0.05) is 31.9 Å². The van der Waals surface area contributed by atoms with Crippen LogP contribution in [-0.2, 0) is 16.0 Å². The lowest BCUT2D eigenvalue weighted by Gasteiger charge is -2.33. The maximum atomic E-state index is 12.1. The van der Waals surface area contributed by atoms with Crippen molar-refractivity contribution < 1.29 is 14.3 Å². The average molecular weight is 319 g/mol. The van der Waals surface area contributed by atoms with E-state index in [1.54, 1.807) is 11.8 Å². The standard InChI is InChI=1S/C17H25N3O3/c1-3-14-6-5-7-15(12-14)18-16(21)13-19-8-10-20(11-9-19)17(22)23-4-2/h5-7,12H,3-4,8-11,13H2,1-2H3,(H,18,21). The SMILES string of the molecule is CCOC(=O)N1CCN(CC(=O)Nc2cccc(CC)c2)CC1. The van der Waals surface area contributed by atoms with E-state index in [9.17, 15) is 9.59 Å². The third-order valence-electron chi connectivity index (χ3n) is 3.88. The van der Waals surface area contributed by atoms with Gasteiger partial charge in [-0.2, -0.15) is 0 Å². The highest BCUT2D eigenvalue weighted by Gasteiger charge is 2.23. The summed E-state index contributed by atoms with van der Waals surface area (Å²) in [5.41, 5.74) is 2.03. The van der Waals surface area contributed by atoms with Crippen molar-refractivity contribution in [3.05, 3.63) is 29.8 Å². The highest BCUT2D eigenvalue weighted by atomic mass is 16.6. The normalized spacial score (nSPS) is 15.3. The molecule has 6 heteroatoms. The van der Waals surface area contributed by atoms with Crippen LogP contribution < -0.4 is 5.32 Å². The minimum absolute atomic E-state index is 0.0252. The van der Waals surface area contributed by atoms with E-state index in [-0.39, 0.29) is 12.0 Å². The number of aryl methyl sites for hydroxylation is 1. The number of hydrogen-bond acceptors (Lipinski definition) is 4. The van der Waals surface area contributed by atoms with Gasteiger partial charge in [-0.25, -0.2) is 4.79 Å². The summed E-state index contributed by atoms with van der Waals surface area (Å²) in [7, 11) is 0. The van der Waals surface area contributed by atoms with Gasteiger partial charge in [-0.15, -0.1) is 0 Å². The Bertz CT molecular complexity index is 540. The number of piperazine rings is 1. The molecule has 0 radical (unpaired) electrons. The summed E-state index contributed by atoms with van der Waals surface area (Å²) in [4.78, 5) is 27.5. The number of nitrogens with one attached hydrogen (secondary N) is 1. The van der Waals surface area contributed by atoms with Gasteiger partial charge >= 0.3 is 6.09 Å². The molecule has 6 nitrogen and oxygen atoms in total. The van der Waals surface area contributed by atoms with Crippen molar-refractivity contribution in [3.8, 4) is 0 Å². The molecule has 1 saturated heterocycles. The molecule has 0 aromatic heterocycles. The van der Waals surface area contributed by atoms with Crippen LogP contribution in [0.2, 0.25) is 0 Å². The van der Waals surface area contributed by atoms with Gasteiger partial charge in [-0.3, -0.25) is 9.69 Å². The van der Waals surface area contributed by atoms with E-state index in [4.69, 9.17) is 4.74 Å². The Morgan fingerprint density at radius 1 is 1.17 bits per heavy atom. The Labute approximate surface area is 137 Å². The molecule has 1 heterocycles. The molecule has 0 atom stereocenters. The molecule has 0 aliphatic carbocycles. The lowest BCUT2D eigenvalue weighted by Crippen LogP contribution is -2.50. The molecule has 2 rings (SSSR count). The smallest absolute Gasteiger partial charge is 0.409 e. The van der Waals surface area contributed by atoms with Crippen molar-refractivity contribution in [2.45, 2.75) is 20.3 Å². The number of nitrogens with zero attached hydrogens (tertiary/aromatic N) is 2. The van der Waals surface area contributed by atoms with Crippen molar-refractivity contribution in [3.63, 3.8) is 0 Å². The van der Waals surface area contributed by atoms with Crippen molar-refractivity contribution in [1.82, 2.24) is 9.80 Å². The predicted octanol–water partition coefficient (Wildman–Crippen LogP) is 1.96.